The first-order valence-electron chi connectivity index (χ1n) is 14.0. The van der Waals surface area contributed by atoms with Gasteiger partial charge in [-0.05, 0) is 19.3 Å². The van der Waals surface area contributed by atoms with Gasteiger partial charge in [-0.1, -0.05) is 129 Å². The Morgan fingerprint density at radius 1 is 0.531 bits per heavy atom. The molecule has 0 N–H and O–H groups in total. The quantitative estimate of drug-likeness (QED) is 0.0707. The molecule has 0 amide bonds. The summed E-state index contributed by atoms with van der Waals surface area (Å²) >= 11 is 0. The molecular formula is C28H54O4. The Balaban J connectivity index is 3.14. The highest BCUT2D eigenvalue weighted by Crippen LogP contribution is 2.14. The van der Waals surface area contributed by atoms with Crippen molar-refractivity contribution in [1.82, 2.24) is 0 Å². The van der Waals surface area contributed by atoms with E-state index in [2.05, 4.69) is 11.7 Å². The third-order valence-corrected chi connectivity index (χ3v) is 6.22. The fourth-order valence-corrected chi connectivity index (χ4v) is 4.12. The lowest BCUT2D eigenvalue weighted by Crippen LogP contribution is -2.05. The Bertz CT molecular complexity index is 384. The molecule has 0 fully saturated rings. The fraction of sp³-hybridized carbons (Fsp3) is 0.929. The van der Waals surface area contributed by atoms with Crippen LogP contribution in [-0.2, 0) is 19.1 Å². The Morgan fingerprint density at radius 2 is 0.906 bits per heavy atom. The van der Waals surface area contributed by atoms with Gasteiger partial charge in [0.05, 0.1) is 13.2 Å². The Labute approximate surface area is 199 Å². The maximum absolute atomic E-state index is 11.8. The fourth-order valence-electron chi connectivity index (χ4n) is 4.12. The Morgan fingerprint density at radius 3 is 1.34 bits per heavy atom. The van der Waals surface area contributed by atoms with Crippen LogP contribution in [-0.4, -0.2) is 25.7 Å². The lowest BCUT2D eigenvalue weighted by molar-refractivity contribution is -0.143. The van der Waals surface area contributed by atoms with Gasteiger partial charge < -0.3 is 9.47 Å². The van der Waals surface area contributed by atoms with Crippen molar-refractivity contribution in [1.29, 1.82) is 0 Å². The predicted molar refractivity (Wildman–Crippen MR) is 135 cm³/mol. The summed E-state index contributed by atoms with van der Waals surface area (Å²) in [6.07, 6.45) is 28.5. The van der Waals surface area contributed by atoms with Gasteiger partial charge in [0.15, 0.2) is 0 Å². The van der Waals surface area contributed by atoms with Gasteiger partial charge in [0, 0.05) is 6.42 Å². The molecule has 0 aromatic heterocycles. The van der Waals surface area contributed by atoms with E-state index in [4.69, 9.17) is 4.74 Å². The second-order valence-corrected chi connectivity index (χ2v) is 9.36. The third-order valence-electron chi connectivity index (χ3n) is 6.22. The van der Waals surface area contributed by atoms with Crippen LogP contribution in [0.3, 0.4) is 0 Å². The summed E-state index contributed by atoms with van der Waals surface area (Å²) in [5.74, 6) is -0.0186. The van der Waals surface area contributed by atoms with Crippen LogP contribution in [0.15, 0.2) is 0 Å². The molecule has 32 heavy (non-hydrogen) atoms. The lowest BCUT2D eigenvalue weighted by Gasteiger charge is -2.06. The van der Waals surface area contributed by atoms with Crippen molar-refractivity contribution in [2.75, 3.05) is 13.2 Å². The van der Waals surface area contributed by atoms with Gasteiger partial charge in [-0.15, -0.1) is 0 Å². The van der Waals surface area contributed by atoms with Crippen molar-refractivity contribution in [3.05, 3.63) is 0 Å². The molecule has 0 aromatic rings. The minimum atomic E-state index is -0.0186. The summed E-state index contributed by atoms with van der Waals surface area (Å²) < 4.78 is 10.0. The van der Waals surface area contributed by atoms with Crippen molar-refractivity contribution in [3.8, 4) is 0 Å². The van der Waals surface area contributed by atoms with Gasteiger partial charge in [0.2, 0.25) is 0 Å². The predicted octanol–water partition coefficient (Wildman–Crippen LogP) is 8.69. The molecule has 0 spiro atoms. The topological polar surface area (TPSA) is 52.6 Å². The normalized spacial score (nSPS) is 10.9. The van der Waals surface area contributed by atoms with Crippen molar-refractivity contribution < 1.29 is 19.1 Å². The second kappa shape index (κ2) is 28.0. The van der Waals surface area contributed by atoms with Gasteiger partial charge in [0.25, 0.3) is 6.47 Å². The molecule has 0 bridgehead atoms. The summed E-state index contributed by atoms with van der Waals surface area (Å²) in [7, 11) is 0. The van der Waals surface area contributed by atoms with Crippen LogP contribution in [0.4, 0.5) is 0 Å². The van der Waals surface area contributed by atoms with Gasteiger partial charge in [-0.3, -0.25) is 9.59 Å². The van der Waals surface area contributed by atoms with Crippen LogP contribution in [0.25, 0.3) is 0 Å². The average Bonchev–Trinajstić information content (AvgIpc) is 2.80. The van der Waals surface area contributed by atoms with Crippen LogP contribution in [0, 0.1) is 0 Å². The van der Waals surface area contributed by atoms with E-state index in [1.165, 1.54) is 103 Å². The van der Waals surface area contributed by atoms with Gasteiger partial charge in [-0.2, -0.15) is 0 Å². The van der Waals surface area contributed by atoms with Crippen molar-refractivity contribution in [2.45, 2.75) is 155 Å². The molecule has 0 rings (SSSR count). The zero-order valence-corrected chi connectivity index (χ0v) is 21.4. The number of hydrogen-bond acceptors (Lipinski definition) is 4. The number of esters is 1. The number of unbranched alkanes of at least 4 members (excludes halogenated alkanes) is 20. The molecule has 0 aliphatic rings. The molecule has 0 saturated carbocycles. The number of ether oxygens (including phenoxy) is 2. The number of carbonyl (C=O) groups is 2. The van der Waals surface area contributed by atoms with E-state index in [0.717, 1.165) is 38.5 Å². The molecule has 4 heteroatoms. The first-order chi connectivity index (χ1) is 15.8. The van der Waals surface area contributed by atoms with Crippen LogP contribution in [0.1, 0.15) is 155 Å². The summed E-state index contributed by atoms with van der Waals surface area (Å²) in [6, 6.07) is 0. The first-order valence-corrected chi connectivity index (χ1v) is 14.0. The number of carbonyl (C=O) groups excluding carboxylic acids is 2. The highest BCUT2D eigenvalue weighted by atomic mass is 16.5. The third kappa shape index (κ3) is 27.0. The van der Waals surface area contributed by atoms with E-state index in [-0.39, 0.29) is 5.97 Å². The van der Waals surface area contributed by atoms with E-state index in [0.29, 0.717) is 26.1 Å². The molecular weight excluding hydrogens is 400 g/mol. The maximum atomic E-state index is 11.8. The van der Waals surface area contributed by atoms with Crippen LogP contribution in [0.2, 0.25) is 0 Å². The summed E-state index contributed by atoms with van der Waals surface area (Å²) in [4.78, 5) is 21.8. The Kier molecular flexibility index (Phi) is 27.0. The minimum Gasteiger partial charge on any atom is -0.468 e. The zero-order valence-electron chi connectivity index (χ0n) is 21.4. The molecule has 0 radical (unpaired) electrons. The van der Waals surface area contributed by atoms with Gasteiger partial charge in [-0.25, -0.2) is 0 Å². The molecule has 4 nitrogen and oxygen atoms in total. The van der Waals surface area contributed by atoms with E-state index in [1.807, 2.05) is 0 Å². The standard InChI is InChI=1S/C28H54O4/c1-2-3-4-5-6-7-8-9-10-11-12-13-15-18-21-24-28(30)32-26-23-20-17-14-16-19-22-25-31-27-29/h27H,2-26H2,1H3. The molecule has 0 heterocycles. The molecule has 0 aliphatic carbocycles. The number of hydrogen-bond donors (Lipinski definition) is 0. The van der Waals surface area contributed by atoms with Crippen molar-refractivity contribution >= 4 is 12.4 Å². The van der Waals surface area contributed by atoms with E-state index < -0.39 is 0 Å². The summed E-state index contributed by atoms with van der Waals surface area (Å²) in [5.41, 5.74) is 0. The molecule has 0 aromatic carbocycles. The zero-order chi connectivity index (χ0) is 23.4. The smallest absolute Gasteiger partial charge is 0.305 e. The first kappa shape index (κ1) is 30.9. The van der Waals surface area contributed by atoms with E-state index >= 15 is 0 Å². The highest BCUT2D eigenvalue weighted by molar-refractivity contribution is 5.69. The number of rotatable bonds is 27. The second-order valence-electron chi connectivity index (χ2n) is 9.36. The van der Waals surface area contributed by atoms with E-state index in [9.17, 15) is 9.59 Å². The molecule has 0 saturated heterocycles. The molecule has 190 valence electrons. The monoisotopic (exact) mass is 454 g/mol. The maximum Gasteiger partial charge on any atom is 0.305 e. The van der Waals surface area contributed by atoms with Gasteiger partial charge >= 0.3 is 5.97 Å². The van der Waals surface area contributed by atoms with Crippen molar-refractivity contribution in [2.24, 2.45) is 0 Å². The van der Waals surface area contributed by atoms with Crippen LogP contribution in [0.5, 0.6) is 0 Å². The lowest BCUT2D eigenvalue weighted by atomic mass is 10.0. The largest absolute Gasteiger partial charge is 0.468 e. The average molecular weight is 455 g/mol. The highest BCUT2D eigenvalue weighted by Gasteiger charge is 2.02. The summed E-state index contributed by atoms with van der Waals surface area (Å²) in [6.45, 7) is 3.91. The minimum absolute atomic E-state index is 0.0186. The van der Waals surface area contributed by atoms with E-state index in [1.54, 1.807) is 0 Å². The SMILES string of the molecule is CCCCCCCCCCCCCCCCCC(=O)OCCCCCCCCCOC=O. The van der Waals surface area contributed by atoms with Crippen molar-refractivity contribution in [3.63, 3.8) is 0 Å². The molecule has 0 aliphatic heterocycles. The molecule has 0 unspecified atom stereocenters. The summed E-state index contributed by atoms with van der Waals surface area (Å²) in [5, 5.41) is 0. The molecule has 0 atom stereocenters. The van der Waals surface area contributed by atoms with Crippen LogP contribution < -0.4 is 0 Å². The van der Waals surface area contributed by atoms with Crippen LogP contribution >= 0.6 is 0 Å². The van der Waals surface area contributed by atoms with Gasteiger partial charge in [0.1, 0.15) is 0 Å². The Hall–Kier alpha value is -1.06.